The maximum absolute atomic E-state index is 15.4. The number of aliphatic hydroxyl groups is 1. The predicted octanol–water partition coefficient (Wildman–Crippen LogP) is 9.22. The number of carbonyl (C=O) groups excluding carboxylic acids is 2. The number of amides is 2. The number of alkyl halides is 6. The number of halogens is 7. The van der Waals surface area contributed by atoms with Crippen molar-refractivity contribution in [3.63, 3.8) is 0 Å². The maximum Gasteiger partial charge on any atom is 0.416 e. The molecule has 4 aromatic carbocycles. The van der Waals surface area contributed by atoms with E-state index in [-0.39, 0.29) is 40.5 Å². The molecule has 2 atom stereocenters. The third-order valence-electron chi connectivity index (χ3n) is 9.59. The Balaban J connectivity index is 1.49. The van der Waals surface area contributed by atoms with Gasteiger partial charge in [0.1, 0.15) is 5.82 Å². The third kappa shape index (κ3) is 7.44. The molecule has 51 heavy (non-hydrogen) atoms. The quantitative estimate of drug-likeness (QED) is 0.167. The van der Waals surface area contributed by atoms with Crippen LogP contribution in [0.4, 0.5) is 47.8 Å². The van der Waals surface area contributed by atoms with Crippen LogP contribution in [0.1, 0.15) is 75.5 Å². The van der Waals surface area contributed by atoms with Gasteiger partial charge < -0.3 is 15.7 Å². The molecule has 0 spiro atoms. The number of hydrogen-bond acceptors (Lipinski definition) is 4. The zero-order valence-electron chi connectivity index (χ0n) is 27.3. The molecule has 2 amide bonds. The molecule has 6 nitrogen and oxygen atoms in total. The first-order valence-electron chi connectivity index (χ1n) is 16.4. The van der Waals surface area contributed by atoms with Crippen LogP contribution in [-0.4, -0.2) is 23.0 Å². The summed E-state index contributed by atoms with van der Waals surface area (Å²) in [6.45, 7) is 0.592. The second-order valence-electron chi connectivity index (χ2n) is 13.0. The summed E-state index contributed by atoms with van der Waals surface area (Å²) in [6.07, 6.45) is -5.82. The molecule has 0 radical (unpaired) electrons. The molecule has 0 bridgehead atoms. The van der Waals surface area contributed by atoms with Gasteiger partial charge in [0.2, 0.25) is 5.91 Å². The van der Waals surface area contributed by atoms with Crippen molar-refractivity contribution in [1.29, 1.82) is 0 Å². The van der Waals surface area contributed by atoms with Crippen LogP contribution in [-0.2, 0) is 30.2 Å². The summed E-state index contributed by atoms with van der Waals surface area (Å²) in [5, 5.41) is 15.4. The van der Waals surface area contributed by atoms with Crippen LogP contribution in [0.3, 0.4) is 0 Å². The Hall–Kier alpha value is -4.91. The number of carbonyl (C=O) groups is 2. The molecule has 4 aromatic rings. The van der Waals surface area contributed by atoms with Crippen LogP contribution in [0, 0.1) is 18.7 Å². The van der Waals surface area contributed by atoms with Crippen molar-refractivity contribution in [2.45, 2.75) is 70.1 Å². The number of fused-ring (bicyclic) bond motifs is 1. The molecule has 1 fully saturated rings. The molecule has 0 saturated heterocycles. The summed E-state index contributed by atoms with van der Waals surface area (Å²) in [5.41, 5.74) is -1.85. The van der Waals surface area contributed by atoms with Crippen molar-refractivity contribution in [2.75, 3.05) is 15.5 Å². The zero-order valence-corrected chi connectivity index (χ0v) is 27.3. The Morgan fingerprint density at radius 1 is 0.863 bits per heavy atom. The molecule has 13 heteroatoms. The van der Waals surface area contributed by atoms with Crippen LogP contribution >= 0.6 is 0 Å². The molecule has 1 aliphatic heterocycles. The van der Waals surface area contributed by atoms with E-state index in [1.165, 1.54) is 25.1 Å². The minimum Gasteiger partial charge on any atom is -0.392 e. The van der Waals surface area contributed by atoms with Gasteiger partial charge in [0.15, 0.2) is 0 Å². The highest BCUT2D eigenvalue weighted by Crippen LogP contribution is 2.46. The largest absolute Gasteiger partial charge is 0.416 e. The minimum atomic E-state index is -4.87. The molecule has 1 heterocycles. The van der Waals surface area contributed by atoms with E-state index in [1.54, 1.807) is 24.3 Å². The Morgan fingerprint density at radius 3 is 2.18 bits per heavy atom. The molecule has 1 saturated carbocycles. The first-order valence-corrected chi connectivity index (χ1v) is 16.4. The van der Waals surface area contributed by atoms with Gasteiger partial charge in [-0.3, -0.25) is 14.5 Å². The summed E-state index contributed by atoms with van der Waals surface area (Å²) in [5.74, 6) is -4.02. The van der Waals surface area contributed by atoms with Gasteiger partial charge in [0.25, 0.3) is 5.91 Å². The van der Waals surface area contributed by atoms with Gasteiger partial charge in [0, 0.05) is 23.1 Å². The summed E-state index contributed by atoms with van der Waals surface area (Å²) < 4.78 is 98.6. The summed E-state index contributed by atoms with van der Waals surface area (Å²) in [6, 6.07) is 15.5. The Bertz CT molecular complexity index is 1920. The lowest BCUT2D eigenvalue weighted by molar-refractivity contribution is -0.139. The van der Waals surface area contributed by atoms with Gasteiger partial charge in [-0.25, -0.2) is 4.39 Å². The van der Waals surface area contributed by atoms with E-state index in [0.717, 1.165) is 66.6 Å². The topological polar surface area (TPSA) is 81.7 Å². The standard InChI is InChI=1S/C38H34F7N3O3/c1-21-5-4-8-31(39)33(21)36(51)48-32-16-12-25(37(40,41)42)17-24(32)18-29(34(48)22-9-13-27(14-10-22)46-26-6-2-3-7-26)35(50)47-28-15-11-23(20-49)30(19-28)38(43,44)45/h4-5,8-17,19,26,29,34,46,49H,2-3,6-7,18,20H2,1H3,(H,47,50)/t29-,34-/m0/s1. The van der Waals surface area contributed by atoms with Crippen LogP contribution in [0.2, 0.25) is 0 Å². The molecular weight excluding hydrogens is 679 g/mol. The van der Waals surface area contributed by atoms with Gasteiger partial charge >= 0.3 is 12.4 Å². The van der Waals surface area contributed by atoms with Gasteiger partial charge in [-0.05, 0) is 97.0 Å². The number of nitrogens with one attached hydrogen (secondary N) is 2. The van der Waals surface area contributed by atoms with Crippen molar-refractivity contribution in [1.82, 2.24) is 0 Å². The van der Waals surface area contributed by atoms with Gasteiger partial charge in [0.05, 0.1) is 35.3 Å². The van der Waals surface area contributed by atoms with E-state index < -0.39 is 65.2 Å². The van der Waals surface area contributed by atoms with E-state index in [1.807, 2.05) is 0 Å². The molecule has 6 rings (SSSR count). The van der Waals surface area contributed by atoms with E-state index >= 15 is 4.39 Å². The number of rotatable bonds is 7. The number of anilines is 3. The van der Waals surface area contributed by atoms with Crippen LogP contribution in [0.15, 0.2) is 78.9 Å². The van der Waals surface area contributed by atoms with Gasteiger partial charge in [-0.2, -0.15) is 26.3 Å². The highest BCUT2D eigenvalue weighted by atomic mass is 19.4. The number of hydrogen-bond donors (Lipinski definition) is 3. The molecule has 0 aromatic heterocycles. The zero-order chi connectivity index (χ0) is 36.7. The lowest BCUT2D eigenvalue weighted by atomic mass is 9.80. The fourth-order valence-corrected chi connectivity index (χ4v) is 7.09. The van der Waals surface area contributed by atoms with Crippen molar-refractivity contribution >= 4 is 28.9 Å². The van der Waals surface area contributed by atoms with E-state index in [2.05, 4.69) is 10.6 Å². The molecule has 2 aliphatic rings. The Labute approximate surface area is 289 Å². The summed E-state index contributed by atoms with van der Waals surface area (Å²) in [7, 11) is 0. The lowest BCUT2D eigenvalue weighted by Gasteiger charge is -2.42. The molecule has 1 aliphatic carbocycles. The van der Waals surface area contributed by atoms with Crippen molar-refractivity contribution in [3.8, 4) is 0 Å². The fourth-order valence-electron chi connectivity index (χ4n) is 7.09. The smallest absolute Gasteiger partial charge is 0.392 e. The summed E-state index contributed by atoms with van der Waals surface area (Å²) in [4.78, 5) is 29.8. The van der Waals surface area contributed by atoms with E-state index in [0.29, 0.717) is 11.6 Å². The Kier molecular flexibility index (Phi) is 9.86. The fraction of sp³-hybridized carbons (Fsp3) is 0.316. The SMILES string of the molecule is Cc1cccc(F)c1C(=O)N1c2ccc(C(F)(F)F)cc2C[C@H](C(=O)Nc2ccc(CO)c(C(F)(F)F)c2)[C@@H]1c1ccc(NC2CCCC2)cc1. The molecule has 0 unspecified atom stereocenters. The number of nitrogens with zero attached hydrogens (tertiary/aromatic N) is 1. The number of aliphatic hydroxyl groups excluding tert-OH is 1. The van der Waals surface area contributed by atoms with Crippen molar-refractivity contribution < 1.29 is 45.4 Å². The second kappa shape index (κ2) is 14.0. The average Bonchev–Trinajstić information content (AvgIpc) is 3.59. The van der Waals surface area contributed by atoms with E-state index in [4.69, 9.17) is 0 Å². The number of aryl methyl sites for hydroxylation is 1. The monoisotopic (exact) mass is 713 g/mol. The van der Waals surface area contributed by atoms with Crippen LogP contribution in [0.25, 0.3) is 0 Å². The van der Waals surface area contributed by atoms with Crippen molar-refractivity contribution in [2.24, 2.45) is 5.92 Å². The maximum atomic E-state index is 15.4. The normalized spacial score (nSPS) is 18.0. The van der Waals surface area contributed by atoms with Crippen LogP contribution in [0.5, 0.6) is 0 Å². The Morgan fingerprint density at radius 2 is 1.55 bits per heavy atom. The third-order valence-corrected chi connectivity index (χ3v) is 9.59. The first-order chi connectivity index (χ1) is 24.2. The highest BCUT2D eigenvalue weighted by molar-refractivity contribution is 6.09. The lowest BCUT2D eigenvalue weighted by Crippen LogP contribution is -2.47. The van der Waals surface area contributed by atoms with E-state index in [9.17, 15) is 41.0 Å². The number of benzene rings is 4. The highest BCUT2D eigenvalue weighted by Gasteiger charge is 2.45. The first kappa shape index (κ1) is 35.9. The average molecular weight is 714 g/mol. The predicted molar refractivity (Wildman–Crippen MR) is 178 cm³/mol. The van der Waals surface area contributed by atoms with Crippen molar-refractivity contribution in [3.05, 3.63) is 124 Å². The molecule has 268 valence electrons. The minimum absolute atomic E-state index is 0.0320. The van der Waals surface area contributed by atoms with Gasteiger partial charge in [-0.15, -0.1) is 0 Å². The van der Waals surface area contributed by atoms with Crippen LogP contribution < -0.4 is 15.5 Å². The molecule has 3 N–H and O–H groups in total. The summed E-state index contributed by atoms with van der Waals surface area (Å²) >= 11 is 0. The van der Waals surface area contributed by atoms with Gasteiger partial charge in [-0.1, -0.05) is 43.2 Å². The molecular formula is C38H34F7N3O3. The second-order valence-corrected chi connectivity index (χ2v) is 13.0.